The molecule has 3 aromatic rings. The maximum Gasteiger partial charge on any atom is 0.258 e. The Bertz CT molecular complexity index is 1020. The monoisotopic (exact) mass is 397 g/mol. The van der Waals surface area contributed by atoms with Crippen molar-refractivity contribution in [2.75, 3.05) is 18.0 Å². The predicted molar refractivity (Wildman–Crippen MR) is 112 cm³/mol. The number of aromatic nitrogens is 2. The fraction of sp³-hybridized carbons (Fsp3) is 0.364. The van der Waals surface area contributed by atoms with E-state index in [1.807, 2.05) is 44.2 Å². The summed E-state index contributed by atoms with van der Waals surface area (Å²) in [6.07, 6.45) is 4.96. The maximum atomic E-state index is 12.4. The quantitative estimate of drug-likeness (QED) is 0.647. The maximum absolute atomic E-state index is 12.4. The Labute approximate surface area is 169 Å². The largest absolute Gasteiger partial charge is 0.469 e. The summed E-state index contributed by atoms with van der Waals surface area (Å²) in [7, 11) is 0. The molecule has 28 heavy (non-hydrogen) atoms. The normalized spacial score (nSPS) is 15.2. The standard InChI is InChI=1S/C22H24ClN3O2/c1-15-12-22(27)26(16(2)24-15)18-5-6-21(20(23)14-18)25-9-7-17(8-10-25)13-19-4-3-11-28-19/h3-6,11-12,14,17H,7-10,13H2,1-2H3. The number of anilines is 1. The van der Waals surface area contributed by atoms with Crippen molar-refractivity contribution >= 4 is 17.3 Å². The van der Waals surface area contributed by atoms with Gasteiger partial charge in [-0.25, -0.2) is 4.98 Å². The molecule has 1 saturated heterocycles. The van der Waals surface area contributed by atoms with Gasteiger partial charge < -0.3 is 9.32 Å². The van der Waals surface area contributed by atoms with Crippen LogP contribution < -0.4 is 10.5 Å². The lowest BCUT2D eigenvalue weighted by Crippen LogP contribution is -2.34. The molecule has 1 aliphatic heterocycles. The highest BCUT2D eigenvalue weighted by molar-refractivity contribution is 6.33. The van der Waals surface area contributed by atoms with Crippen LogP contribution >= 0.6 is 11.6 Å². The van der Waals surface area contributed by atoms with Crippen molar-refractivity contribution in [3.05, 3.63) is 75.3 Å². The Kier molecular flexibility index (Phi) is 5.27. The van der Waals surface area contributed by atoms with Crippen molar-refractivity contribution in [3.63, 3.8) is 0 Å². The Morgan fingerprint density at radius 3 is 2.61 bits per heavy atom. The van der Waals surface area contributed by atoms with Gasteiger partial charge in [-0.1, -0.05) is 11.6 Å². The zero-order valence-corrected chi connectivity index (χ0v) is 16.9. The summed E-state index contributed by atoms with van der Waals surface area (Å²) in [6, 6.07) is 11.3. The molecule has 2 aromatic heterocycles. The van der Waals surface area contributed by atoms with Crippen LogP contribution in [0.2, 0.25) is 5.02 Å². The van der Waals surface area contributed by atoms with E-state index in [-0.39, 0.29) is 5.56 Å². The number of piperidine rings is 1. The molecule has 0 radical (unpaired) electrons. The van der Waals surface area contributed by atoms with Crippen molar-refractivity contribution in [3.8, 4) is 5.69 Å². The molecule has 0 atom stereocenters. The first-order valence-electron chi connectivity index (χ1n) is 9.66. The van der Waals surface area contributed by atoms with E-state index in [0.717, 1.165) is 55.2 Å². The summed E-state index contributed by atoms with van der Waals surface area (Å²) < 4.78 is 7.08. The fourth-order valence-corrected chi connectivity index (χ4v) is 4.33. The number of furan rings is 1. The lowest BCUT2D eigenvalue weighted by atomic mass is 9.92. The molecule has 0 bridgehead atoms. The highest BCUT2D eigenvalue weighted by atomic mass is 35.5. The number of hydrogen-bond acceptors (Lipinski definition) is 4. The molecule has 1 fully saturated rings. The van der Waals surface area contributed by atoms with Crippen molar-refractivity contribution < 1.29 is 4.42 Å². The van der Waals surface area contributed by atoms with Crippen LogP contribution in [0.4, 0.5) is 5.69 Å². The van der Waals surface area contributed by atoms with Crippen LogP contribution in [0.1, 0.15) is 30.1 Å². The Balaban J connectivity index is 1.49. The minimum atomic E-state index is -0.0902. The second-order valence-electron chi connectivity index (χ2n) is 7.47. The minimum absolute atomic E-state index is 0.0902. The first-order chi connectivity index (χ1) is 13.5. The number of aryl methyl sites for hydroxylation is 2. The summed E-state index contributed by atoms with van der Waals surface area (Å²) in [4.78, 5) is 19.1. The van der Waals surface area contributed by atoms with Crippen LogP contribution in [0.15, 0.2) is 51.9 Å². The minimum Gasteiger partial charge on any atom is -0.469 e. The molecular weight excluding hydrogens is 374 g/mol. The molecule has 4 rings (SSSR count). The lowest BCUT2D eigenvalue weighted by Gasteiger charge is -2.34. The number of rotatable bonds is 4. The van der Waals surface area contributed by atoms with Crippen LogP contribution in [-0.2, 0) is 6.42 Å². The molecule has 0 unspecified atom stereocenters. The van der Waals surface area contributed by atoms with Gasteiger partial charge in [0, 0.05) is 31.3 Å². The van der Waals surface area contributed by atoms with E-state index in [1.54, 1.807) is 16.9 Å². The molecule has 0 amide bonds. The number of halogens is 1. The van der Waals surface area contributed by atoms with Crippen molar-refractivity contribution in [1.29, 1.82) is 0 Å². The highest BCUT2D eigenvalue weighted by Gasteiger charge is 2.22. The first-order valence-corrected chi connectivity index (χ1v) is 10.0. The SMILES string of the molecule is Cc1cc(=O)n(-c2ccc(N3CCC(Cc4ccco4)CC3)c(Cl)c2)c(C)n1. The van der Waals surface area contributed by atoms with Gasteiger partial charge in [0.05, 0.1) is 22.7 Å². The van der Waals surface area contributed by atoms with E-state index in [1.165, 1.54) is 0 Å². The molecule has 6 heteroatoms. The van der Waals surface area contributed by atoms with E-state index in [4.69, 9.17) is 16.0 Å². The third kappa shape index (κ3) is 3.85. The Morgan fingerprint density at radius 2 is 1.96 bits per heavy atom. The van der Waals surface area contributed by atoms with Gasteiger partial charge in [0.15, 0.2) is 0 Å². The summed E-state index contributed by atoms with van der Waals surface area (Å²) in [6.45, 7) is 5.59. The summed E-state index contributed by atoms with van der Waals surface area (Å²) in [5.74, 6) is 2.36. The zero-order valence-electron chi connectivity index (χ0n) is 16.2. The average Bonchev–Trinajstić information content (AvgIpc) is 3.15. The third-order valence-electron chi connectivity index (χ3n) is 5.43. The summed E-state index contributed by atoms with van der Waals surface area (Å²) >= 11 is 6.61. The van der Waals surface area contributed by atoms with Gasteiger partial charge in [0.2, 0.25) is 0 Å². The molecular formula is C22H24ClN3O2. The van der Waals surface area contributed by atoms with Gasteiger partial charge in [-0.05, 0) is 62.9 Å². The summed E-state index contributed by atoms with van der Waals surface area (Å²) in [5, 5.41) is 0.661. The van der Waals surface area contributed by atoms with Gasteiger partial charge in [0.1, 0.15) is 11.6 Å². The second-order valence-corrected chi connectivity index (χ2v) is 7.88. The molecule has 0 aliphatic carbocycles. The number of benzene rings is 1. The van der Waals surface area contributed by atoms with Gasteiger partial charge in [-0.2, -0.15) is 0 Å². The second kappa shape index (κ2) is 7.84. The molecule has 0 spiro atoms. The molecule has 0 N–H and O–H groups in total. The molecule has 3 heterocycles. The van der Waals surface area contributed by atoms with Crippen LogP contribution in [0, 0.1) is 19.8 Å². The number of nitrogens with zero attached hydrogens (tertiary/aromatic N) is 3. The van der Waals surface area contributed by atoms with Gasteiger partial charge in [0.25, 0.3) is 5.56 Å². The summed E-state index contributed by atoms with van der Waals surface area (Å²) in [5.41, 5.74) is 2.40. The van der Waals surface area contributed by atoms with E-state index in [0.29, 0.717) is 16.8 Å². The molecule has 5 nitrogen and oxygen atoms in total. The lowest BCUT2D eigenvalue weighted by molar-refractivity contribution is 0.370. The van der Waals surface area contributed by atoms with Crippen LogP contribution in [0.3, 0.4) is 0 Å². The first kappa shape index (κ1) is 18.8. The molecule has 146 valence electrons. The van der Waals surface area contributed by atoms with Crippen LogP contribution in [0.5, 0.6) is 0 Å². The van der Waals surface area contributed by atoms with E-state index in [2.05, 4.69) is 9.88 Å². The molecule has 1 aliphatic rings. The van der Waals surface area contributed by atoms with Crippen molar-refractivity contribution in [2.24, 2.45) is 5.92 Å². The van der Waals surface area contributed by atoms with Crippen molar-refractivity contribution in [2.45, 2.75) is 33.1 Å². The van der Waals surface area contributed by atoms with Crippen LogP contribution in [-0.4, -0.2) is 22.6 Å². The fourth-order valence-electron chi connectivity index (χ4n) is 4.04. The molecule has 1 aromatic carbocycles. The topological polar surface area (TPSA) is 51.3 Å². The van der Waals surface area contributed by atoms with Crippen LogP contribution in [0.25, 0.3) is 5.69 Å². The van der Waals surface area contributed by atoms with Gasteiger partial charge >= 0.3 is 0 Å². The van der Waals surface area contributed by atoms with E-state index in [9.17, 15) is 4.79 Å². The van der Waals surface area contributed by atoms with E-state index < -0.39 is 0 Å². The average molecular weight is 398 g/mol. The highest BCUT2D eigenvalue weighted by Crippen LogP contribution is 2.32. The Hall–Kier alpha value is -2.53. The van der Waals surface area contributed by atoms with E-state index >= 15 is 0 Å². The number of hydrogen-bond donors (Lipinski definition) is 0. The van der Waals surface area contributed by atoms with Gasteiger partial charge in [-0.3, -0.25) is 9.36 Å². The predicted octanol–water partition coefficient (Wildman–Crippen LogP) is 4.55. The smallest absolute Gasteiger partial charge is 0.258 e. The van der Waals surface area contributed by atoms with Crippen molar-refractivity contribution in [1.82, 2.24) is 9.55 Å². The van der Waals surface area contributed by atoms with Gasteiger partial charge in [-0.15, -0.1) is 0 Å². The Morgan fingerprint density at radius 1 is 1.18 bits per heavy atom. The third-order valence-corrected chi connectivity index (χ3v) is 5.73. The molecule has 0 saturated carbocycles. The zero-order chi connectivity index (χ0) is 19.7.